The van der Waals surface area contributed by atoms with Gasteiger partial charge < -0.3 is 0 Å². The summed E-state index contributed by atoms with van der Waals surface area (Å²) in [6.07, 6.45) is 1.15. The van der Waals surface area contributed by atoms with Gasteiger partial charge >= 0.3 is 0 Å². The van der Waals surface area contributed by atoms with Crippen LogP contribution in [0.5, 0.6) is 0 Å². The maximum Gasteiger partial charge on any atom is 0.163 e. The fraction of sp³-hybridized carbons (Fsp3) is 0.129. The average Bonchev–Trinajstić information content (AvgIpc) is 2.92. The Bertz CT molecular complexity index is 1190. The molecule has 4 aromatic rings. The molecule has 0 fully saturated rings. The molecule has 2 nitrogen and oxygen atoms in total. The Morgan fingerprint density at radius 1 is 0.559 bits per heavy atom. The zero-order chi connectivity index (χ0) is 23.8. The van der Waals surface area contributed by atoms with Gasteiger partial charge in [0.25, 0.3) is 0 Å². The lowest BCUT2D eigenvalue weighted by molar-refractivity contribution is -0.112. The van der Waals surface area contributed by atoms with Gasteiger partial charge in [-0.3, -0.25) is 9.59 Å². The Labute approximate surface area is 202 Å². The van der Waals surface area contributed by atoms with E-state index < -0.39 is 6.89 Å². The number of benzene rings is 4. The van der Waals surface area contributed by atoms with Crippen LogP contribution in [-0.2, 0) is 4.79 Å². The Hall–Kier alpha value is -3.48. The summed E-state index contributed by atoms with van der Waals surface area (Å²) in [6, 6.07) is 40.4. The van der Waals surface area contributed by atoms with Crippen LogP contribution in [-0.4, -0.2) is 16.9 Å². The third-order valence-electron chi connectivity index (χ3n) is 6.16. The molecule has 0 bridgehead atoms. The molecule has 4 rings (SSSR count). The highest BCUT2D eigenvalue weighted by Gasteiger charge is 2.32. The normalized spacial score (nSPS) is 11.1. The highest BCUT2D eigenvalue weighted by molar-refractivity contribution is 7.96. The van der Waals surface area contributed by atoms with Crippen molar-refractivity contribution in [2.75, 3.05) is 0 Å². The molecule has 3 heteroatoms. The lowest BCUT2D eigenvalue weighted by atomic mass is 10.0. The lowest BCUT2D eigenvalue weighted by Gasteiger charge is -2.32. The minimum absolute atomic E-state index is 0.0642. The van der Waals surface area contributed by atoms with Gasteiger partial charge in [0, 0.05) is 23.7 Å². The largest absolute Gasteiger partial charge is 0.295 e. The van der Waals surface area contributed by atoms with E-state index in [9.17, 15) is 9.59 Å². The van der Waals surface area contributed by atoms with E-state index in [1.165, 1.54) is 0 Å². The average molecular weight is 465 g/mol. The molecule has 0 unspecified atom stereocenters. The van der Waals surface area contributed by atoms with E-state index in [0.717, 1.165) is 21.2 Å². The number of carbonyl (C=O) groups excluding carboxylic acids is 2. The molecule has 4 aromatic carbocycles. The highest BCUT2D eigenvalue weighted by atomic mass is 31.2. The molecule has 0 spiro atoms. The molecule has 34 heavy (non-hydrogen) atoms. The predicted octanol–water partition coefficient (Wildman–Crippen LogP) is 5.80. The van der Waals surface area contributed by atoms with Gasteiger partial charge in [0.15, 0.2) is 11.6 Å². The fourth-order valence-electron chi connectivity index (χ4n) is 4.57. The number of Topliss-reactive ketones (excluding diaryl/α,β-unsaturated/α-hetero) is 2. The van der Waals surface area contributed by atoms with Crippen LogP contribution in [0.4, 0.5) is 0 Å². The van der Waals surface area contributed by atoms with Gasteiger partial charge in [-0.05, 0) is 29.2 Å². The molecule has 0 aromatic heterocycles. The molecular weight excluding hydrogens is 435 g/mol. The molecule has 0 saturated carbocycles. The Kier molecular flexibility index (Phi) is 7.72. The number of ketones is 2. The zero-order valence-corrected chi connectivity index (χ0v) is 20.3. The van der Waals surface area contributed by atoms with Crippen molar-refractivity contribution >= 4 is 39.7 Å². The smallest absolute Gasteiger partial charge is 0.163 e. The van der Waals surface area contributed by atoms with Crippen molar-refractivity contribution < 1.29 is 9.59 Å². The van der Waals surface area contributed by atoms with Gasteiger partial charge in [0.2, 0.25) is 0 Å². The summed E-state index contributed by atoms with van der Waals surface area (Å²) in [6.45, 7) is -0.555. The topological polar surface area (TPSA) is 34.1 Å². The molecule has 0 atom stereocenters. The van der Waals surface area contributed by atoms with E-state index in [2.05, 4.69) is 36.4 Å². The number of hydrogen-bond acceptors (Lipinski definition) is 2. The number of carbonyl (C=O) groups is 2. The lowest BCUT2D eigenvalue weighted by Crippen LogP contribution is -2.33. The van der Waals surface area contributed by atoms with Gasteiger partial charge in [-0.1, -0.05) is 128 Å². The van der Waals surface area contributed by atoms with Crippen molar-refractivity contribution in [2.45, 2.75) is 26.2 Å². The summed E-state index contributed by atoms with van der Waals surface area (Å²) >= 11 is 0. The summed E-state index contributed by atoms with van der Waals surface area (Å²) < 4.78 is 0. The summed E-state index contributed by atoms with van der Waals surface area (Å²) in [5.41, 5.74) is 0.689. The zero-order valence-electron chi connectivity index (χ0n) is 19.4. The first-order chi connectivity index (χ1) is 16.7. The highest BCUT2D eigenvalue weighted by Crippen LogP contribution is 2.47. The third kappa shape index (κ3) is 4.74. The molecule has 0 amide bonds. The van der Waals surface area contributed by atoms with Crippen molar-refractivity contribution in [3.63, 3.8) is 0 Å². The molecular formula is C31H29O2P. The van der Waals surface area contributed by atoms with Crippen LogP contribution in [0.15, 0.2) is 121 Å². The maximum atomic E-state index is 13.7. The first-order valence-electron chi connectivity index (χ1n) is 11.7. The van der Waals surface area contributed by atoms with E-state index in [-0.39, 0.29) is 11.6 Å². The second-order valence-corrected chi connectivity index (χ2v) is 11.6. The van der Waals surface area contributed by atoms with Crippen LogP contribution in [0.1, 0.15) is 36.5 Å². The standard InChI is InChI=1S/C31H29O2P/c1-2-29(32)31(24-23-30(33)25-15-7-3-8-16-25)34(26-17-9-4-10-18-26,27-19-11-5-12-20-27)28-21-13-6-14-22-28/h3-22H,2,23-24H2,1H3. The Morgan fingerprint density at radius 3 is 1.32 bits per heavy atom. The van der Waals surface area contributed by atoms with Crippen molar-refractivity contribution in [3.05, 3.63) is 127 Å². The van der Waals surface area contributed by atoms with Gasteiger partial charge in [-0.25, -0.2) is 0 Å². The molecule has 0 aliphatic rings. The van der Waals surface area contributed by atoms with Crippen LogP contribution in [0.3, 0.4) is 0 Å². The molecule has 0 aliphatic heterocycles. The second-order valence-electron chi connectivity index (χ2n) is 8.19. The molecule has 0 heterocycles. The van der Waals surface area contributed by atoms with E-state index in [4.69, 9.17) is 0 Å². The summed E-state index contributed by atoms with van der Waals surface area (Å²) in [4.78, 5) is 26.8. The van der Waals surface area contributed by atoms with Crippen LogP contribution < -0.4 is 15.9 Å². The van der Waals surface area contributed by atoms with Crippen LogP contribution in [0.2, 0.25) is 0 Å². The van der Waals surface area contributed by atoms with Gasteiger partial charge in [0.1, 0.15) is 0 Å². The molecule has 0 aliphatic carbocycles. The van der Waals surface area contributed by atoms with E-state index in [1.54, 1.807) is 0 Å². The molecule has 0 radical (unpaired) electrons. The monoisotopic (exact) mass is 464 g/mol. The first kappa shape index (κ1) is 23.7. The van der Waals surface area contributed by atoms with Crippen molar-refractivity contribution in [3.8, 4) is 0 Å². The van der Waals surface area contributed by atoms with Gasteiger partial charge in [-0.2, -0.15) is 0 Å². The van der Waals surface area contributed by atoms with Crippen molar-refractivity contribution in [1.29, 1.82) is 0 Å². The quantitative estimate of drug-likeness (QED) is 0.232. The van der Waals surface area contributed by atoms with Crippen LogP contribution in [0.25, 0.3) is 0 Å². The third-order valence-corrected chi connectivity index (χ3v) is 10.7. The summed E-state index contributed by atoms with van der Waals surface area (Å²) in [7, 11) is 0. The van der Waals surface area contributed by atoms with E-state index >= 15 is 0 Å². The Morgan fingerprint density at radius 2 is 0.941 bits per heavy atom. The van der Waals surface area contributed by atoms with Crippen LogP contribution in [0, 0.1) is 0 Å². The van der Waals surface area contributed by atoms with E-state index in [1.807, 2.05) is 91.9 Å². The second kappa shape index (κ2) is 11.1. The van der Waals surface area contributed by atoms with Gasteiger partial charge in [0.05, 0.1) is 0 Å². The maximum absolute atomic E-state index is 13.7. The fourth-order valence-corrected chi connectivity index (χ4v) is 9.23. The predicted molar refractivity (Wildman–Crippen MR) is 145 cm³/mol. The molecule has 0 N–H and O–H groups in total. The van der Waals surface area contributed by atoms with E-state index in [0.29, 0.717) is 24.8 Å². The Balaban J connectivity index is 2.02. The van der Waals surface area contributed by atoms with Crippen molar-refractivity contribution in [2.24, 2.45) is 0 Å². The summed E-state index contributed by atoms with van der Waals surface area (Å²) in [5.74, 6) is 0.194. The van der Waals surface area contributed by atoms with Gasteiger partial charge in [-0.15, -0.1) is 0 Å². The SMILES string of the molecule is CCC(=O)C(CCC(=O)c1ccccc1)=P(c1ccccc1)(c1ccccc1)c1ccccc1. The number of hydrogen-bond donors (Lipinski definition) is 0. The molecule has 0 saturated heterocycles. The molecule has 170 valence electrons. The summed E-state index contributed by atoms with van der Waals surface area (Å²) in [5, 5.41) is 4.27. The number of rotatable bonds is 9. The minimum atomic E-state index is -2.47. The first-order valence-corrected chi connectivity index (χ1v) is 13.5. The van der Waals surface area contributed by atoms with Crippen molar-refractivity contribution in [1.82, 2.24) is 0 Å². The minimum Gasteiger partial charge on any atom is -0.295 e. The van der Waals surface area contributed by atoms with Crippen LogP contribution >= 0.6 is 6.89 Å².